The van der Waals surface area contributed by atoms with Gasteiger partial charge in [-0.15, -0.1) is 0 Å². The first-order valence-electron chi connectivity index (χ1n) is 9.83. The third-order valence-corrected chi connectivity index (χ3v) is 6.89. The molecule has 0 aliphatic carbocycles. The number of hydrogen-bond donors (Lipinski definition) is 0. The molecule has 5 nitrogen and oxygen atoms in total. The Bertz CT molecular complexity index is 946. The molecule has 1 saturated heterocycles. The van der Waals surface area contributed by atoms with E-state index >= 15 is 0 Å². The fraction of sp³-hybridized carbons (Fsp3) is 0.455. The van der Waals surface area contributed by atoms with Gasteiger partial charge in [-0.1, -0.05) is 48.0 Å². The van der Waals surface area contributed by atoms with Crippen LogP contribution in [-0.4, -0.2) is 49.1 Å². The van der Waals surface area contributed by atoms with Crippen molar-refractivity contribution >= 4 is 10.0 Å². The second-order valence-corrected chi connectivity index (χ2v) is 10.2. The van der Waals surface area contributed by atoms with Crippen LogP contribution in [-0.2, 0) is 23.1 Å². The van der Waals surface area contributed by atoms with Gasteiger partial charge in [0.15, 0.2) is 0 Å². The van der Waals surface area contributed by atoms with Gasteiger partial charge in [0.2, 0.25) is 10.0 Å². The summed E-state index contributed by atoms with van der Waals surface area (Å²) in [6.45, 7) is 5.36. The third-order valence-electron chi connectivity index (χ3n) is 5.69. The molecule has 2 aliphatic heterocycles. The molecule has 0 aromatic heterocycles. The molecule has 1 atom stereocenters. The van der Waals surface area contributed by atoms with Crippen LogP contribution in [0.1, 0.15) is 29.5 Å². The lowest BCUT2D eigenvalue weighted by atomic mass is 9.92. The summed E-state index contributed by atoms with van der Waals surface area (Å²) >= 11 is 0. The summed E-state index contributed by atoms with van der Waals surface area (Å²) in [6, 6.07) is 16.5. The van der Waals surface area contributed by atoms with Crippen molar-refractivity contribution < 1.29 is 13.2 Å². The van der Waals surface area contributed by atoms with Gasteiger partial charge in [0.25, 0.3) is 0 Å². The van der Waals surface area contributed by atoms with Crippen LogP contribution in [0.15, 0.2) is 48.5 Å². The minimum Gasteiger partial charge on any atom is -0.484 e. The fourth-order valence-corrected chi connectivity index (χ4v) is 5.22. The number of piperidine rings is 1. The predicted molar refractivity (Wildman–Crippen MR) is 111 cm³/mol. The number of likely N-dealkylation sites (tertiary alicyclic amines) is 1. The number of rotatable bonds is 3. The highest BCUT2D eigenvalue weighted by Crippen LogP contribution is 2.36. The number of nitrogens with zero attached hydrogens (tertiary/aromatic N) is 2. The van der Waals surface area contributed by atoms with Crippen molar-refractivity contribution in [2.45, 2.75) is 38.5 Å². The van der Waals surface area contributed by atoms with E-state index in [0.717, 1.165) is 49.4 Å². The van der Waals surface area contributed by atoms with Crippen molar-refractivity contribution in [2.24, 2.45) is 0 Å². The van der Waals surface area contributed by atoms with Crippen LogP contribution < -0.4 is 4.74 Å². The maximum atomic E-state index is 12.5. The van der Waals surface area contributed by atoms with E-state index in [4.69, 9.17) is 4.74 Å². The molecule has 2 aromatic carbocycles. The predicted octanol–water partition coefficient (Wildman–Crippen LogP) is 3.18. The van der Waals surface area contributed by atoms with E-state index in [2.05, 4.69) is 29.2 Å². The highest BCUT2D eigenvalue weighted by Gasteiger charge is 2.43. The monoisotopic (exact) mass is 400 g/mol. The summed E-state index contributed by atoms with van der Waals surface area (Å²) in [7, 11) is -3.32. The molecule has 4 rings (SSSR count). The molecular formula is C22H28N2O3S. The van der Waals surface area contributed by atoms with E-state index in [0.29, 0.717) is 13.1 Å². The van der Waals surface area contributed by atoms with Crippen LogP contribution in [0, 0.1) is 6.92 Å². The SMILES string of the molecule is Cc1ccc2c(c1)CN(S(C)(=O)=O)CC1(CCCN(Cc3ccccc3)C1)O2. The quantitative estimate of drug-likeness (QED) is 0.794. The Hall–Kier alpha value is -1.89. The second kappa shape index (κ2) is 7.50. The van der Waals surface area contributed by atoms with E-state index in [1.165, 1.54) is 11.8 Å². The Labute approximate surface area is 168 Å². The first-order valence-corrected chi connectivity index (χ1v) is 11.7. The minimum absolute atomic E-state index is 0.371. The molecule has 0 N–H and O–H groups in total. The highest BCUT2D eigenvalue weighted by molar-refractivity contribution is 7.88. The lowest BCUT2D eigenvalue weighted by Crippen LogP contribution is -2.57. The fourth-order valence-electron chi connectivity index (χ4n) is 4.38. The van der Waals surface area contributed by atoms with Gasteiger partial charge in [-0.3, -0.25) is 4.90 Å². The van der Waals surface area contributed by atoms with Gasteiger partial charge in [-0.05, 0) is 37.9 Å². The molecule has 2 heterocycles. The zero-order valence-electron chi connectivity index (χ0n) is 16.6. The molecule has 28 heavy (non-hydrogen) atoms. The Morgan fingerprint density at radius 2 is 1.89 bits per heavy atom. The van der Waals surface area contributed by atoms with Gasteiger partial charge in [-0.25, -0.2) is 8.42 Å². The molecule has 0 saturated carbocycles. The van der Waals surface area contributed by atoms with E-state index in [1.807, 2.05) is 31.2 Å². The number of benzene rings is 2. The van der Waals surface area contributed by atoms with Gasteiger partial charge in [-0.2, -0.15) is 4.31 Å². The summed E-state index contributed by atoms with van der Waals surface area (Å²) in [5.74, 6) is 0.818. The maximum Gasteiger partial charge on any atom is 0.211 e. The highest BCUT2D eigenvalue weighted by atomic mass is 32.2. The molecule has 150 valence electrons. The van der Waals surface area contributed by atoms with Crippen LogP contribution in [0.5, 0.6) is 5.75 Å². The normalized spacial score (nSPS) is 23.8. The van der Waals surface area contributed by atoms with Crippen molar-refractivity contribution in [3.05, 3.63) is 65.2 Å². The summed E-state index contributed by atoms with van der Waals surface area (Å²) in [4.78, 5) is 2.39. The molecule has 0 radical (unpaired) electrons. The smallest absolute Gasteiger partial charge is 0.211 e. The number of hydrogen-bond acceptors (Lipinski definition) is 4. The van der Waals surface area contributed by atoms with Gasteiger partial charge < -0.3 is 4.74 Å². The van der Waals surface area contributed by atoms with Crippen LogP contribution in [0.3, 0.4) is 0 Å². The molecule has 1 spiro atoms. The Morgan fingerprint density at radius 3 is 2.64 bits per heavy atom. The van der Waals surface area contributed by atoms with Crippen LogP contribution in [0.2, 0.25) is 0 Å². The first kappa shape index (κ1) is 19.4. The van der Waals surface area contributed by atoms with Crippen molar-refractivity contribution in [1.82, 2.24) is 9.21 Å². The molecular weight excluding hydrogens is 372 g/mol. The van der Waals surface area contributed by atoms with E-state index in [-0.39, 0.29) is 0 Å². The zero-order valence-corrected chi connectivity index (χ0v) is 17.4. The van der Waals surface area contributed by atoms with E-state index < -0.39 is 15.6 Å². The van der Waals surface area contributed by atoms with Crippen molar-refractivity contribution in [1.29, 1.82) is 0 Å². The van der Waals surface area contributed by atoms with E-state index in [9.17, 15) is 8.42 Å². The van der Waals surface area contributed by atoms with Crippen molar-refractivity contribution in [3.63, 3.8) is 0 Å². The topological polar surface area (TPSA) is 49.9 Å². The van der Waals surface area contributed by atoms with Gasteiger partial charge >= 0.3 is 0 Å². The standard InChI is InChI=1S/C22H28N2O3S/c1-18-9-10-21-20(13-18)15-24(28(2,25)26)17-22(27-21)11-6-12-23(16-22)14-19-7-4-3-5-8-19/h3-5,7-10,13H,6,11-12,14-17H2,1-2H3. The molecule has 1 unspecified atom stereocenters. The molecule has 1 fully saturated rings. The number of sulfonamides is 1. The molecule has 2 aliphatic rings. The molecule has 0 bridgehead atoms. The average Bonchev–Trinajstić information content (AvgIpc) is 2.79. The molecule has 0 amide bonds. The third kappa shape index (κ3) is 4.24. The van der Waals surface area contributed by atoms with Crippen LogP contribution >= 0.6 is 0 Å². The summed E-state index contributed by atoms with van der Waals surface area (Å²) in [5.41, 5.74) is 2.81. The Kier molecular flexibility index (Phi) is 5.21. The van der Waals surface area contributed by atoms with Crippen LogP contribution in [0.25, 0.3) is 0 Å². The first-order chi connectivity index (χ1) is 13.3. The molecule has 6 heteroatoms. The zero-order chi connectivity index (χ0) is 19.8. The Morgan fingerprint density at radius 1 is 1.11 bits per heavy atom. The van der Waals surface area contributed by atoms with Gasteiger partial charge in [0, 0.05) is 25.2 Å². The summed E-state index contributed by atoms with van der Waals surface area (Å²) in [6.07, 6.45) is 3.15. The van der Waals surface area contributed by atoms with Gasteiger partial charge in [0.1, 0.15) is 11.4 Å². The van der Waals surface area contributed by atoms with E-state index in [1.54, 1.807) is 4.31 Å². The summed E-state index contributed by atoms with van der Waals surface area (Å²) in [5, 5.41) is 0. The number of ether oxygens (including phenoxy) is 1. The largest absolute Gasteiger partial charge is 0.484 e. The minimum atomic E-state index is -3.32. The maximum absolute atomic E-state index is 12.5. The van der Waals surface area contributed by atoms with Crippen molar-refractivity contribution in [3.8, 4) is 5.75 Å². The Balaban J connectivity index is 1.65. The van der Waals surface area contributed by atoms with Crippen LogP contribution in [0.4, 0.5) is 0 Å². The van der Waals surface area contributed by atoms with Gasteiger partial charge in [0.05, 0.1) is 12.8 Å². The lowest BCUT2D eigenvalue weighted by Gasteiger charge is -2.43. The molecule has 2 aromatic rings. The second-order valence-electron chi connectivity index (χ2n) is 8.23. The number of aryl methyl sites for hydroxylation is 1. The lowest BCUT2D eigenvalue weighted by molar-refractivity contribution is -0.0179. The average molecular weight is 401 g/mol. The summed E-state index contributed by atoms with van der Waals surface area (Å²) < 4.78 is 33.2. The van der Waals surface area contributed by atoms with Crippen molar-refractivity contribution in [2.75, 3.05) is 25.9 Å². The number of fused-ring (bicyclic) bond motifs is 1.